The van der Waals surface area contributed by atoms with E-state index < -0.39 is 12.1 Å². The van der Waals surface area contributed by atoms with E-state index in [2.05, 4.69) is 19.9 Å². The first-order chi connectivity index (χ1) is 15.6. The Labute approximate surface area is 184 Å². The third-order valence-electron chi connectivity index (χ3n) is 5.52. The number of anilines is 1. The van der Waals surface area contributed by atoms with Gasteiger partial charge in [0.25, 0.3) is 5.91 Å². The summed E-state index contributed by atoms with van der Waals surface area (Å²) in [6.45, 7) is 1.16. The highest BCUT2D eigenvalue weighted by Crippen LogP contribution is 2.30. The highest BCUT2D eigenvalue weighted by Gasteiger charge is 2.34. The largest absolute Gasteiger partial charge is 0.479 e. The molecule has 32 heavy (non-hydrogen) atoms. The van der Waals surface area contributed by atoms with Gasteiger partial charge in [0.15, 0.2) is 12.6 Å². The highest BCUT2D eigenvalue weighted by molar-refractivity contribution is 6.00. The number of hydrogen-bond acceptors (Lipinski definition) is 8. The molecule has 1 saturated carbocycles. The number of aromatic nitrogens is 4. The second-order valence-electron chi connectivity index (χ2n) is 7.95. The Morgan fingerprint density at radius 2 is 1.97 bits per heavy atom. The summed E-state index contributed by atoms with van der Waals surface area (Å²) in [6, 6.07) is 8.91. The van der Waals surface area contributed by atoms with E-state index in [1.165, 1.54) is 24.7 Å². The molecule has 1 amide bonds. The number of ether oxygens (including phenoxy) is 3. The maximum atomic E-state index is 12.9. The van der Waals surface area contributed by atoms with Crippen LogP contribution in [-0.2, 0) is 20.9 Å². The topological polar surface area (TPSA) is 109 Å². The van der Waals surface area contributed by atoms with E-state index >= 15 is 0 Å². The Bertz CT molecular complexity index is 1140. The van der Waals surface area contributed by atoms with Crippen molar-refractivity contribution in [1.82, 2.24) is 20.0 Å². The maximum absolute atomic E-state index is 12.9. The van der Waals surface area contributed by atoms with Crippen molar-refractivity contribution in [1.29, 1.82) is 0 Å². The predicted octanol–water partition coefficient (Wildman–Crippen LogP) is 1.97. The molecular weight excluding hydrogens is 414 g/mol. The van der Waals surface area contributed by atoms with Crippen LogP contribution < -0.4 is 14.4 Å². The first-order valence-corrected chi connectivity index (χ1v) is 10.6. The van der Waals surface area contributed by atoms with Gasteiger partial charge in [-0.2, -0.15) is 15.0 Å². The number of nitrogens with zero attached hydrogens (tertiary/aromatic N) is 5. The summed E-state index contributed by atoms with van der Waals surface area (Å²) in [5.74, 6) is 1.20. The molecule has 2 aromatic heterocycles. The zero-order valence-corrected chi connectivity index (χ0v) is 17.6. The average Bonchev–Trinajstić information content (AvgIpc) is 3.45. The lowest BCUT2D eigenvalue weighted by Crippen LogP contribution is -2.32. The molecule has 1 aliphatic heterocycles. The van der Waals surface area contributed by atoms with Crippen molar-refractivity contribution in [3.8, 4) is 11.6 Å². The van der Waals surface area contributed by atoms with Gasteiger partial charge in [-0.3, -0.25) is 4.79 Å². The summed E-state index contributed by atoms with van der Waals surface area (Å²) in [5, 5.41) is 8.55. The number of fused-ring (bicyclic) bond motifs is 1. The minimum absolute atomic E-state index is 0.0719. The van der Waals surface area contributed by atoms with E-state index in [4.69, 9.17) is 9.47 Å². The number of carbonyl (C=O) groups excluding carboxylic acids is 2. The van der Waals surface area contributed by atoms with Crippen LogP contribution in [0.3, 0.4) is 0 Å². The SMILES string of the molecule is COC(=O)Cn1nc2ccc(N3CCC(Oc4ccc(OCC5CC5)nc4)C3=O)cc2n1. The molecule has 166 valence electrons. The lowest BCUT2D eigenvalue weighted by molar-refractivity contribution is -0.141. The summed E-state index contributed by atoms with van der Waals surface area (Å²) in [5.41, 5.74) is 1.93. The van der Waals surface area contributed by atoms with Crippen molar-refractivity contribution in [2.45, 2.75) is 31.9 Å². The fraction of sp³-hybridized carbons (Fsp3) is 0.409. The van der Waals surface area contributed by atoms with Crippen molar-refractivity contribution in [2.24, 2.45) is 5.92 Å². The van der Waals surface area contributed by atoms with Gasteiger partial charge in [-0.25, -0.2) is 9.78 Å². The van der Waals surface area contributed by atoms with E-state index in [0.717, 1.165) is 0 Å². The zero-order chi connectivity index (χ0) is 22.1. The van der Waals surface area contributed by atoms with Crippen LogP contribution in [0.4, 0.5) is 5.69 Å². The number of rotatable bonds is 8. The van der Waals surface area contributed by atoms with E-state index in [0.29, 0.717) is 53.8 Å². The van der Waals surface area contributed by atoms with Crippen LogP contribution in [0.25, 0.3) is 11.0 Å². The summed E-state index contributed by atoms with van der Waals surface area (Å²) < 4.78 is 16.2. The molecule has 1 unspecified atom stereocenters. The Balaban J connectivity index is 1.23. The van der Waals surface area contributed by atoms with Crippen LogP contribution in [0.15, 0.2) is 36.5 Å². The van der Waals surface area contributed by atoms with E-state index in [1.54, 1.807) is 35.4 Å². The van der Waals surface area contributed by atoms with Crippen molar-refractivity contribution in [3.63, 3.8) is 0 Å². The van der Waals surface area contributed by atoms with Crippen LogP contribution in [0, 0.1) is 5.92 Å². The van der Waals surface area contributed by atoms with Crippen LogP contribution in [0.5, 0.6) is 11.6 Å². The van der Waals surface area contributed by atoms with E-state index in [9.17, 15) is 9.59 Å². The standard InChI is InChI=1S/C22H23N5O5/c1-30-21(28)12-27-24-17-6-4-15(10-18(17)25-27)26-9-8-19(22(26)29)32-16-5-7-20(23-11-16)31-13-14-2-3-14/h4-7,10-11,14,19H,2-3,8-9,12-13H2,1H3. The molecule has 0 radical (unpaired) electrons. The van der Waals surface area contributed by atoms with Crippen molar-refractivity contribution >= 4 is 28.6 Å². The van der Waals surface area contributed by atoms with Crippen LogP contribution in [0.1, 0.15) is 19.3 Å². The smallest absolute Gasteiger partial charge is 0.329 e. The average molecular weight is 437 g/mol. The Morgan fingerprint density at radius 3 is 2.72 bits per heavy atom. The predicted molar refractivity (Wildman–Crippen MR) is 113 cm³/mol. The Kier molecular flexibility index (Phi) is 5.34. The molecule has 1 aliphatic carbocycles. The monoisotopic (exact) mass is 437 g/mol. The first-order valence-electron chi connectivity index (χ1n) is 10.6. The number of methoxy groups -OCH3 is 1. The van der Waals surface area contributed by atoms with Gasteiger partial charge in [0.1, 0.15) is 16.8 Å². The first kappa shape index (κ1) is 20.2. The minimum Gasteiger partial charge on any atom is -0.479 e. The van der Waals surface area contributed by atoms with E-state index in [-0.39, 0.29) is 12.5 Å². The van der Waals surface area contributed by atoms with Crippen LogP contribution in [0.2, 0.25) is 0 Å². The molecule has 2 fully saturated rings. The van der Waals surface area contributed by atoms with Crippen molar-refractivity contribution < 1.29 is 23.8 Å². The number of pyridine rings is 1. The number of esters is 1. The third kappa shape index (κ3) is 4.34. The Morgan fingerprint density at radius 1 is 1.12 bits per heavy atom. The quantitative estimate of drug-likeness (QED) is 0.492. The van der Waals surface area contributed by atoms with Gasteiger partial charge in [-0.05, 0) is 43.0 Å². The molecule has 1 saturated heterocycles. The molecule has 10 heteroatoms. The molecule has 2 aliphatic rings. The molecule has 10 nitrogen and oxygen atoms in total. The minimum atomic E-state index is -0.583. The number of amides is 1. The lowest BCUT2D eigenvalue weighted by Gasteiger charge is -2.17. The van der Waals surface area contributed by atoms with Gasteiger partial charge in [-0.1, -0.05) is 0 Å². The second kappa shape index (κ2) is 8.45. The van der Waals surface area contributed by atoms with Crippen LogP contribution in [-0.4, -0.2) is 58.2 Å². The fourth-order valence-corrected chi connectivity index (χ4v) is 3.56. The lowest BCUT2D eigenvalue weighted by atomic mass is 10.2. The maximum Gasteiger partial charge on any atom is 0.329 e. The second-order valence-corrected chi connectivity index (χ2v) is 7.95. The molecule has 5 rings (SSSR count). The van der Waals surface area contributed by atoms with Gasteiger partial charge in [-0.15, -0.1) is 0 Å². The van der Waals surface area contributed by atoms with Crippen LogP contribution >= 0.6 is 0 Å². The van der Waals surface area contributed by atoms with E-state index in [1.807, 2.05) is 6.07 Å². The number of benzene rings is 1. The molecule has 1 atom stereocenters. The Hall–Kier alpha value is -3.69. The summed E-state index contributed by atoms with van der Waals surface area (Å²) in [4.78, 5) is 31.6. The number of carbonyl (C=O) groups is 2. The summed E-state index contributed by atoms with van der Waals surface area (Å²) >= 11 is 0. The molecule has 3 aromatic rings. The summed E-state index contributed by atoms with van der Waals surface area (Å²) in [6.07, 6.45) is 4.01. The normalized spacial score (nSPS) is 18.2. The molecule has 0 bridgehead atoms. The van der Waals surface area contributed by atoms with Gasteiger partial charge >= 0.3 is 5.97 Å². The van der Waals surface area contributed by atoms with Crippen molar-refractivity contribution in [3.05, 3.63) is 36.5 Å². The molecule has 0 N–H and O–H groups in total. The zero-order valence-electron chi connectivity index (χ0n) is 17.6. The molecule has 0 spiro atoms. The third-order valence-corrected chi connectivity index (χ3v) is 5.52. The van der Waals surface area contributed by atoms with Gasteiger partial charge in [0.2, 0.25) is 5.88 Å². The van der Waals surface area contributed by atoms with Crippen molar-refractivity contribution in [2.75, 3.05) is 25.2 Å². The van der Waals surface area contributed by atoms with Gasteiger partial charge < -0.3 is 19.1 Å². The fourth-order valence-electron chi connectivity index (χ4n) is 3.56. The molecule has 3 heterocycles. The molecule has 1 aromatic carbocycles. The molecular formula is C22H23N5O5. The highest BCUT2D eigenvalue weighted by atomic mass is 16.5. The van der Waals surface area contributed by atoms with Gasteiger partial charge in [0.05, 0.1) is 19.9 Å². The van der Waals surface area contributed by atoms with Gasteiger partial charge in [0, 0.05) is 24.7 Å². The number of hydrogen-bond donors (Lipinski definition) is 0. The summed E-state index contributed by atoms with van der Waals surface area (Å²) in [7, 11) is 1.31.